The SMILES string of the molecule is CCC(C)C1C=CC=CC1(CN(C)C)C(=O)O. The molecule has 0 aliphatic heterocycles. The van der Waals surface area contributed by atoms with Crippen molar-refractivity contribution in [3.05, 3.63) is 24.3 Å². The van der Waals surface area contributed by atoms with Crippen LogP contribution in [0.1, 0.15) is 20.3 Å². The van der Waals surface area contributed by atoms with E-state index in [0.29, 0.717) is 12.5 Å². The molecule has 0 aromatic carbocycles. The summed E-state index contributed by atoms with van der Waals surface area (Å²) in [6.07, 6.45) is 8.72. The molecule has 96 valence electrons. The Balaban J connectivity index is 3.11. The highest BCUT2D eigenvalue weighted by Gasteiger charge is 2.45. The molecule has 1 N–H and O–H groups in total. The van der Waals surface area contributed by atoms with Crippen LogP contribution < -0.4 is 0 Å². The first kappa shape index (κ1) is 14.0. The average molecular weight is 237 g/mol. The minimum atomic E-state index is -0.784. The van der Waals surface area contributed by atoms with Gasteiger partial charge in [0.15, 0.2) is 0 Å². The zero-order valence-corrected chi connectivity index (χ0v) is 11.2. The van der Waals surface area contributed by atoms with Crippen molar-refractivity contribution in [3.8, 4) is 0 Å². The molecule has 3 nitrogen and oxygen atoms in total. The highest BCUT2D eigenvalue weighted by atomic mass is 16.4. The van der Waals surface area contributed by atoms with Crippen molar-refractivity contribution in [1.29, 1.82) is 0 Å². The second-order valence-electron chi connectivity index (χ2n) is 5.24. The third kappa shape index (κ3) is 2.78. The van der Waals surface area contributed by atoms with Crippen molar-refractivity contribution in [2.24, 2.45) is 17.3 Å². The van der Waals surface area contributed by atoms with Crippen molar-refractivity contribution in [3.63, 3.8) is 0 Å². The predicted octanol–water partition coefficient (Wildman–Crippen LogP) is 2.41. The monoisotopic (exact) mass is 237 g/mol. The molecule has 3 unspecified atom stereocenters. The van der Waals surface area contributed by atoms with Crippen LogP contribution in [0, 0.1) is 17.3 Å². The van der Waals surface area contributed by atoms with Gasteiger partial charge in [0, 0.05) is 12.5 Å². The van der Waals surface area contributed by atoms with Crippen LogP contribution in [0.3, 0.4) is 0 Å². The predicted molar refractivity (Wildman–Crippen MR) is 69.8 cm³/mol. The van der Waals surface area contributed by atoms with Gasteiger partial charge in [0.1, 0.15) is 5.41 Å². The number of rotatable bonds is 5. The molecule has 1 aliphatic rings. The van der Waals surface area contributed by atoms with Gasteiger partial charge in [0.25, 0.3) is 0 Å². The number of nitrogens with zero attached hydrogens (tertiary/aromatic N) is 1. The maximum absolute atomic E-state index is 11.7. The number of carbonyl (C=O) groups is 1. The second kappa shape index (κ2) is 5.50. The van der Waals surface area contributed by atoms with Gasteiger partial charge in [-0.2, -0.15) is 0 Å². The van der Waals surface area contributed by atoms with E-state index < -0.39 is 11.4 Å². The molecule has 1 rings (SSSR count). The number of hydrogen-bond acceptors (Lipinski definition) is 2. The van der Waals surface area contributed by atoms with E-state index in [1.54, 1.807) is 0 Å². The Hall–Kier alpha value is -1.09. The number of carboxylic acids is 1. The lowest BCUT2D eigenvalue weighted by atomic mass is 9.66. The first-order valence-electron chi connectivity index (χ1n) is 6.18. The lowest BCUT2D eigenvalue weighted by Gasteiger charge is -2.39. The van der Waals surface area contributed by atoms with E-state index in [1.165, 1.54) is 0 Å². The topological polar surface area (TPSA) is 40.5 Å². The normalized spacial score (nSPS) is 29.6. The molecule has 1 aliphatic carbocycles. The summed E-state index contributed by atoms with van der Waals surface area (Å²) >= 11 is 0. The molecular formula is C14H23NO2. The van der Waals surface area contributed by atoms with Gasteiger partial charge in [-0.15, -0.1) is 0 Å². The van der Waals surface area contributed by atoms with Crippen molar-refractivity contribution in [2.45, 2.75) is 20.3 Å². The van der Waals surface area contributed by atoms with E-state index in [-0.39, 0.29) is 5.92 Å². The van der Waals surface area contributed by atoms with E-state index in [0.717, 1.165) is 6.42 Å². The Labute approximate surface area is 104 Å². The van der Waals surface area contributed by atoms with E-state index in [1.807, 2.05) is 43.3 Å². The first-order valence-corrected chi connectivity index (χ1v) is 6.18. The van der Waals surface area contributed by atoms with E-state index >= 15 is 0 Å². The molecule has 3 heteroatoms. The minimum absolute atomic E-state index is 0.0670. The molecule has 0 fully saturated rings. The minimum Gasteiger partial charge on any atom is -0.481 e. The number of hydrogen-bond donors (Lipinski definition) is 1. The lowest BCUT2D eigenvalue weighted by Crippen LogP contribution is -2.47. The summed E-state index contributed by atoms with van der Waals surface area (Å²) in [5.41, 5.74) is -0.784. The van der Waals surface area contributed by atoms with Crippen LogP contribution in [-0.2, 0) is 4.79 Å². The fraction of sp³-hybridized carbons (Fsp3) is 0.643. The molecule has 0 heterocycles. The van der Waals surface area contributed by atoms with Crippen LogP contribution in [0.15, 0.2) is 24.3 Å². The molecule has 0 spiro atoms. The van der Waals surface area contributed by atoms with Crippen LogP contribution in [0.4, 0.5) is 0 Å². The molecule has 0 saturated carbocycles. The average Bonchev–Trinajstić information content (AvgIpc) is 2.27. The molecule has 3 atom stereocenters. The van der Waals surface area contributed by atoms with Crippen LogP contribution in [0.25, 0.3) is 0 Å². The van der Waals surface area contributed by atoms with Gasteiger partial charge in [-0.1, -0.05) is 44.6 Å². The van der Waals surface area contributed by atoms with Gasteiger partial charge in [0.05, 0.1) is 0 Å². The summed E-state index contributed by atoms with van der Waals surface area (Å²) in [5.74, 6) is -0.290. The van der Waals surface area contributed by atoms with Crippen molar-refractivity contribution in [2.75, 3.05) is 20.6 Å². The summed E-state index contributed by atoms with van der Waals surface area (Å²) in [7, 11) is 3.84. The Morgan fingerprint density at radius 3 is 2.59 bits per heavy atom. The van der Waals surface area contributed by atoms with Gasteiger partial charge in [-0.3, -0.25) is 4.79 Å². The van der Waals surface area contributed by atoms with Gasteiger partial charge < -0.3 is 10.0 Å². The number of carboxylic acid groups (broad SMARTS) is 1. The number of allylic oxidation sites excluding steroid dienone is 3. The molecule has 0 radical (unpaired) electrons. The zero-order chi connectivity index (χ0) is 13.1. The fourth-order valence-corrected chi connectivity index (χ4v) is 2.61. The van der Waals surface area contributed by atoms with Gasteiger partial charge >= 0.3 is 5.97 Å². The molecule has 0 bridgehead atoms. The largest absolute Gasteiger partial charge is 0.481 e. The Morgan fingerprint density at radius 2 is 2.12 bits per heavy atom. The standard InChI is InChI=1S/C14H23NO2/c1-5-11(2)12-8-6-7-9-14(12,13(16)17)10-15(3)4/h6-9,11-12H,5,10H2,1-4H3,(H,16,17). The number of aliphatic carboxylic acids is 1. The Morgan fingerprint density at radius 1 is 1.47 bits per heavy atom. The maximum Gasteiger partial charge on any atom is 0.315 e. The van der Waals surface area contributed by atoms with E-state index in [4.69, 9.17) is 0 Å². The smallest absolute Gasteiger partial charge is 0.315 e. The summed E-state index contributed by atoms with van der Waals surface area (Å²) in [6, 6.07) is 0. The van der Waals surface area contributed by atoms with Gasteiger partial charge in [-0.25, -0.2) is 0 Å². The Bertz CT molecular complexity index is 333. The summed E-state index contributed by atoms with van der Waals surface area (Å²) < 4.78 is 0. The maximum atomic E-state index is 11.7. The second-order valence-corrected chi connectivity index (χ2v) is 5.24. The van der Waals surface area contributed by atoms with Crippen molar-refractivity contribution in [1.82, 2.24) is 4.90 Å². The van der Waals surface area contributed by atoms with Gasteiger partial charge in [0.2, 0.25) is 0 Å². The van der Waals surface area contributed by atoms with Crippen molar-refractivity contribution >= 4 is 5.97 Å². The molecule has 17 heavy (non-hydrogen) atoms. The van der Waals surface area contributed by atoms with E-state index in [9.17, 15) is 9.90 Å². The van der Waals surface area contributed by atoms with Gasteiger partial charge in [-0.05, 0) is 20.0 Å². The molecular weight excluding hydrogens is 214 g/mol. The summed E-state index contributed by atoms with van der Waals surface area (Å²) in [6.45, 7) is 4.78. The fourth-order valence-electron chi connectivity index (χ4n) is 2.61. The molecule has 0 aromatic heterocycles. The highest BCUT2D eigenvalue weighted by Crippen LogP contribution is 2.40. The third-order valence-electron chi connectivity index (χ3n) is 3.65. The van der Waals surface area contributed by atoms with E-state index in [2.05, 4.69) is 13.8 Å². The van der Waals surface area contributed by atoms with Crippen LogP contribution in [0.2, 0.25) is 0 Å². The first-order chi connectivity index (χ1) is 7.94. The summed E-state index contributed by atoms with van der Waals surface area (Å²) in [4.78, 5) is 13.7. The zero-order valence-electron chi connectivity index (χ0n) is 11.2. The van der Waals surface area contributed by atoms with Crippen LogP contribution in [0.5, 0.6) is 0 Å². The molecule has 0 aromatic rings. The Kier molecular flexibility index (Phi) is 4.52. The molecule has 0 saturated heterocycles. The van der Waals surface area contributed by atoms with Crippen LogP contribution in [-0.4, -0.2) is 36.6 Å². The quantitative estimate of drug-likeness (QED) is 0.798. The lowest BCUT2D eigenvalue weighted by molar-refractivity contribution is -0.150. The molecule has 0 amide bonds. The van der Waals surface area contributed by atoms with Crippen molar-refractivity contribution < 1.29 is 9.90 Å². The highest BCUT2D eigenvalue weighted by molar-refractivity contribution is 5.79. The summed E-state index contributed by atoms with van der Waals surface area (Å²) in [5, 5.41) is 9.64. The third-order valence-corrected chi connectivity index (χ3v) is 3.65. The van der Waals surface area contributed by atoms with Crippen LogP contribution >= 0.6 is 0 Å².